The quantitative estimate of drug-likeness (QED) is 0.505. The molecule has 0 radical (unpaired) electrons. The number of hydrogen-bond acceptors (Lipinski definition) is 4. The van der Waals surface area contributed by atoms with Crippen LogP contribution in [0.25, 0.3) is 0 Å². The number of nitrogen functional groups attached to an aromatic ring is 1. The van der Waals surface area contributed by atoms with E-state index in [9.17, 15) is 14.5 Å². The van der Waals surface area contributed by atoms with Crippen LogP contribution in [0.1, 0.15) is 5.56 Å². The van der Waals surface area contributed by atoms with Crippen molar-refractivity contribution in [2.75, 3.05) is 11.1 Å². The maximum Gasteiger partial charge on any atom is 0.293 e. The number of nitro benzene ring substituents is 1. The number of anilines is 2. The zero-order valence-corrected chi connectivity index (χ0v) is 11.9. The molecule has 0 aliphatic heterocycles. The van der Waals surface area contributed by atoms with E-state index in [1.165, 1.54) is 0 Å². The third kappa shape index (κ3) is 3.24. The molecule has 0 aliphatic carbocycles. The fourth-order valence-corrected chi connectivity index (χ4v) is 1.99. The Kier molecular flexibility index (Phi) is 4.19. The van der Waals surface area contributed by atoms with Gasteiger partial charge in [0.1, 0.15) is 11.5 Å². The lowest BCUT2D eigenvalue weighted by molar-refractivity contribution is -0.384. The van der Waals surface area contributed by atoms with Gasteiger partial charge in [0, 0.05) is 24.4 Å². The van der Waals surface area contributed by atoms with Crippen molar-refractivity contribution in [1.82, 2.24) is 0 Å². The molecular formula is C13H11BrFN3O2. The van der Waals surface area contributed by atoms with Crippen LogP contribution in [0.3, 0.4) is 0 Å². The first-order valence-electron chi connectivity index (χ1n) is 5.69. The third-order valence-electron chi connectivity index (χ3n) is 2.70. The number of nitrogens with two attached hydrogens (primary N) is 1. The minimum absolute atomic E-state index is 0.0576. The number of nitrogens with one attached hydrogen (secondary N) is 1. The van der Waals surface area contributed by atoms with E-state index in [2.05, 4.69) is 21.2 Å². The van der Waals surface area contributed by atoms with Crippen LogP contribution in [-0.2, 0) is 6.54 Å². The molecule has 0 heterocycles. The summed E-state index contributed by atoms with van der Waals surface area (Å²) in [6.45, 7) is 0.336. The number of benzene rings is 2. The molecule has 7 heteroatoms. The van der Waals surface area contributed by atoms with E-state index in [-0.39, 0.29) is 15.8 Å². The van der Waals surface area contributed by atoms with Crippen molar-refractivity contribution in [3.63, 3.8) is 0 Å². The normalized spacial score (nSPS) is 10.3. The van der Waals surface area contributed by atoms with Gasteiger partial charge in [-0.05, 0) is 33.6 Å². The van der Waals surface area contributed by atoms with Crippen LogP contribution < -0.4 is 11.1 Å². The van der Waals surface area contributed by atoms with Crippen molar-refractivity contribution >= 4 is 33.0 Å². The molecule has 0 saturated heterocycles. The minimum atomic E-state index is -0.560. The lowest BCUT2D eigenvalue weighted by Gasteiger charge is -2.08. The van der Waals surface area contributed by atoms with Gasteiger partial charge in [-0.15, -0.1) is 0 Å². The van der Waals surface area contributed by atoms with Crippen molar-refractivity contribution in [3.8, 4) is 0 Å². The van der Waals surface area contributed by atoms with Crippen LogP contribution in [-0.4, -0.2) is 4.92 Å². The van der Waals surface area contributed by atoms with Gasteiger partial charge in [-0.25, -0.2) is 4.39 Å². The highest BCUT2D eigenvalue weighted by Crippen LogP contribution is 2.30. The van der Waals surface area contributed by atoms with Crippen LogP contribution >= 0.6 is 15.9 Å². The molecule has 2 aromatic carbocycles. The van der Waals surface area contributed by atoms with Gasteiger partial charge in [-0.1, -0.05) is 12.1 Å². The zero-order chi connectivity index (χ0) is 14.7. The van der Waals surface area contributed by atoms with Crippen molar-refractivity contribution in [1.29, 1.82) is 0 Å². The Hall–Kier alpha value is -2.15. The number of nitrogens with zero attached hydrogens (tertiary/aromatic N) is 1. The summed E-state index contributed by atoms with van der Waals surface area (Å²) in [7, 11) is 0. The highest BCUT2D eigenvalue weighted by atomic mass is 79.9. The average Bonchev–Trinajstić information content (AvgIpc) is 2.41. The number of hydrogen-bond donors (Lipinski definition) is 2. The first-order valence-corrected chi connectivity index (χ1v) is 6.48. The second-order valence-corrected chi connectivity index (χ2v) is 4.99. The summed E-state index contributed by atoms with van der Waals surface area (Å²) in [5, 5.41) is 13.8. The molecule has 0 fully saturated rings. The molecule has 0 atom stereocenters. The van der Waals surface area contributed by atoms with Crippen LogP contribution in [0.4, 0.5) is 21.5 Å². The topological polar surface area (TPSA) is 81.2 Å². The van der Waals surface area contributed by atoms with Crippen LogP contribution in [0.2, 0.25) is 0 Å². The standard InChI is InChI=1S/C13H11BrFN3O2/c14-10-5-13(18(19)20)12(6-11(10)15)17-7-8-1-3-9(16)4-2-8/h1-6,17H,7,16H2. The largest absolute Gasteiger partial charge is 0.399 e. The van der Waals surface area contributed by atoms with Crippen LogP contribution in [0.5, 0.6) is 0 Å². The maximum absolute atomic E-state index is 13.5. The molecule has 3 N–H and O–H groups in total. The Morgan fingerprint density at radius 1 is 1.30 bits per heavy atom. The van der Waals surface area contributed by atoms with Gasteiger partial charge in [0.15, 0.2) is 0 Å². The van der Waals surface area contributed by atoms with Gasteiger partial charge in [-0.2, -0.15) is 0 Å². The van der Waals surface area contributed by atoms with E-state index in [4.69, 9.17) is 5.73 Å². The second kappa shape index (κ2) is 5.87. The fraction of sp³-hybridized carbons (Fsp3) is 0.0769. The number of rotatable bonds is 4. The van der Waals surface area contributed by atoms with E-state index >= 15 is 0 Å². The Bertz CT molecular complexity index is 647. The van der Waals surface area contributed by atoms with Gasteiger partial charge in [-0.3, -0.25) is 10.1 Å². The molecule has 0 bridgehead atoms. The maximum atomic E-state index is 13.5. The SMILES string of the molecule is Nc1ccc(CNc2cc(F)c(Br)cc2[N+](=O)[O-])cc1. The number of nitro groups is 1. The molecule has 20 heavy (non-hydrogen) atoms. The van der Waals surface area contributed by atoms with Crippen molar-refractivity contribution < 1.29 is 9.31 Å². The van der Waals surface area contributed by atoms with Crippen molar-refractivity contribution in [2.45, 2.75) is 6.54 Å². The predicted molar refractivity (Wildman–Crippen MR) is 78.9 cm³/mol. The Balaban J connectivity index is 2.22. The molecule has 0 aromatic heterocycles. The monoisotopic (exact) mass is 339 g/mol. The summed E-state index contributed by atoms with van der Waals surface area (Å²) in [5.41, 5.74) is 7.04. The Morgan fingerprint density at radius 3 is 2.55 bits per heavy atom. The first-order chi connectivity index (χ1) is 9.47. The van der Waals surface area contributed by atoms with E-state index in [1.807, 2.05) is 0 Å². The lowest BCUT2D eigenvalue weighted by Crippen LogP contribution is -2.03. The Morgan fingerprint density at radius 2 is 1.95 bits per heavy atom. The van der Waals surface area contributed by atoms with Crippen LogP contribution in [0.15, 0.2) is 40.9 Å². The van der Waals surface area contributed by atoms with Crippen molar-refractivity contribution in [2.24, 2.45) is 0 Å². The highest BCUT2D eigenvalue weighted by molar-refractivity contribution is 9.10. The third-order valence-corrected chi connectivity index (χ3v) is 3.31. The van der Waals surface area contributed by atoms with E-state index < -0.39 is 10.7 Å². The first kappa shape index (κ1) is 14.3. The lowest BCUT2D eigenvalue weighted by atomic mass is 10.2. The smallest absolute Gasteiger partial charge is 0.293 e. The Labute approximate surface area is 122 Å². The molecule has 0 spiro atoms. The van der Waals surface area contributed by atoms with Crippen LogP contribution in [0, 0.1) is 15.9 Å². The summed E-state index contributed by atoms with van der Waals surface area (Å²) < 4.78 is 13.5. The molecule has 2 rings (SSSR count). The molecular weight excluding hydrogens is 329 g/mol. The van der Waals surface area contributed by atoms with Gasteiger partial charge >= 0.3 is 0 Å². The number of halogens is 2. The summed E-state index contributed by atoms with van der Waals surface area (Å²) >= 11 is 2.93. The fourth-order valence-electron chi connectivity index (χ4n) is 1.66. The molecule has 104 valence electrons. The average molecular weight is 340 g/mol. The molecule has 0 saturated carbocycles. The molecule has 2 aromatic rings. The van der Waals surface area contributed by atoms with Gasteiger partial charge in [0.2, 0.25) is 0 Å². The van der Waals surface area contributed by atoms with E-state index in [0.29, 0.717) is 12.2 Å². The highest BCUT2D eigenvalue weighted by Gasteiger charge is 2.17. The van der Waals surface area contributed by atoms with Gasteiger partial charge in [0.05, 0.1) is 9.40 Å². The summed E-state index contributed by atoms with van der Waals surface area (Å²) in [5.74, 6) is -0.560. The molecule has 0 amide bonds. The predicted octanol–water partition coefficient (Wildman–Crippen LogP) is 3.69. The molecule has 0 unspecified atom stereocenters. The van der Waals surface area contributed by atoms with Crippen molar-refractivity contribution in [3.05, 3.63) is 62.4 Å². The summed E-state index contributed by atoms with van der Waals surface area (Å²) in [6.07, 6.45) is 0. The summed E-state index contributed by atoms with van der Waals surface area (Å²) in [6, 6.07) is 9.29. The molecule has 0 aliphatic rings. The molecule has 5 nitrogen and oxygen atoms in total. The second-order valence-electron chi connectivity index (χ2n) is 4.14. The van der Waals surface area contributed by atoms with E-state index in [0.717, 1.165) is 17.7 Å². The van der Waals surface area contributed by atoms with Gasteiger partial charge < -0.3 is 11.1 Å². The van der Waals surface area contributed by atoms with E-state index in [1.54, 1.807) is 24.3 Å². The summed E-state index contributed by atoms with van der Waals surface area (Å²) in [4.78, 5) is 10.4. The van der Waals surface area contributed by atoms with Gasteiger partial charge in [0.25, 0.3) is 5.69 Å². The minimum Gasteiger partial charge on any atom is -0.399 e. The zero-order valence-electron chi connectivity index (χ0n) is 10.3.